The monoisotopic (exact) mass is 210 g/mol. The van der Waals surface area contributed by atoms with Gasteiger partial charge in [-0.25, -0.2) is 15.4 Å². The summed E-state index contributed by atoms with van der Waals surface area (Å²) < 4.78 is 1.79. The Morgan fingerprint density at radius 2 is 2.00 bits per heavy atom. The first-order chi connectivity index (χ1) is 7.25. The zero-order valence-corrected chi connectivity index (χ0v) is 9.35. The molecule has 0 spiro atoms. The van der Waals surface area contributed by atoms with Crippen molar-refractivity contribution in [2.75, 3.05) is 33.2 Å². The molecule has 0 radical (unpaired) electrons. The van der Waals surface area contributed by atoms with E-state index in [4.69, 9.17) is 0 Å². The van der Waals surface area contributed by atoms with E-state index in [9.17, 15) is 0 Å². The van der Waals surface area contributed by atoms with Crippen LogP contribution in [0, 0.1) is 0 Å². The van der Waals surface area contributed by atoms with E-state index < -0.39 is 0 Å². The molecule has 0 aromatic carbocycles. The summed E-state index contributed by atoms with van der Waals surface area (Å²) in [6, 6.07) is 0. The van der Waals surface area contributed by atoms with Gasteiger partial charge < -0.3 is 4.90 Å². The minimum atomic E-state index is 0.750. The van der Waals surface area contributed by atoms with Gasteiger partial charge in [-0.3, -0.25) is 4.68 Å². The Morgan fingerprint density at radius 3 is 2.60 bits per heavy atom. The van der Waals surface area contributed by atoms with Gasteiger partial charge in [0.1, 0.15) is 12.2 Å². The average molecular weight is 210 g/mol. The van der Waals surface area contributed by atoms with Crippen molar-refractivity contribution in [3.8, 4) is 0 Å². The van der Waals surface area contributed by atoms with Crippen LogP contribution in [0.5, 0.6) is 0 Å². The summed E-state index contributed by atoms with van der Waals surface area (Å²) in [5, 5.41) is 6.28. The first kappa shape index (κ1) is 10.5. The molecule has 1 N–H and O–H groups in total. The number of hydrazine groups is 1. The number of hydrogen-bond acceptors (Lipinski definition) is 5. The fourth-order valence-electron chi connectivity index (χ4n) is 1.63. The van der Waals surface area contributed by atoms with E-state index >= 15 is 0 Å². The third kappa shape index (κ3) is 2.74. The standard InChI is InChI=1S/C9H18N6/c1-13-3-5-15(6-4-13)11-7-9-10-8-12-14(9)2/h8,11H,3-7H2,1-2H3. The molecule has 0 atom stereocenters. The molecule has 0 amide bonds. The number of aromatic nitrogens is 3. The first-order valence-electron chi connectivity index (χ1n) is 5.25. The van der Waals surface area contributed by atoms with Gasteiger partial charge in [0.05, 0.1) is 6.54 Å². The molecule has 0 aliphatic carbocycles. The van der Waals surface area contributed by atoms with Gasteiger partial charge in [0.25, 0.3) is 0 Å². The summed E-state index contributed by atoms with van der Waals surface area (Å²) in [6.45, 7) is 5.11. The molecule has 2 rings (SSSR count). The van der Waals surface area contributed by atoms with Crippen molar-refractivity contribution in [1.29, 1.82) is 0 Å². The molecule has 0 unspecified atom stereocenters. The van der Waals surface area contributed by atoms with Crippen molar-refractivity contribution >= 4 is 0 Å². The van der Waals surface area contributed by atoms with Crippen molar-refractivity contribution < 1.29 is 0 Å². The third-order valence-electron chi connectivity index (χ3n) is 2.77. The first-order valence-corrected chi connectivity index (χ1v) is 5.25. The minimum absolute atomic E-state index is 0.750. The third-order valence-corrected chi connectivity index (χ3v) is 2.77. The van der Waals surface area contributed by atoms with Crippen LogP contribution in [0.15, 0.2) is 6.33 Å². The number of nitrogens with one attached hydrogen (secondary N) is 1. The van der Waals surface area contributed by atoms with Gasteiger partial charge >= 0.3 is 0 Å². The Hall–Kier alpha value is -0.980. The molecule has 6 nitrogen and oxygen atoms in total. The lowest BCUT2D eigenvalue weighted by atomic mass is 10.4. The SMILES string of the molecule is CN1CCN(NCc2ncnn2C)CC1. The van der Waals surface area contributed by atoms with Crippen molar-refractivity contribution in [1.82, 2.24) is 30.1 Å². The van der Waals surface area contributed by atoms with E-state index in [1.54, 1.807) is 11.0 Å². The van der Waals surface area contributed by atoms with Crippen molar-refractivity contribution in [2.24, 2.45) is 7.05 Å². The van der Waals surface area contributed by atoms with Crippen molar-refractivity contribution in [3.05, 3.63) is 12.2 Å². The number of rotatable bonds is 3. The van der Waals surface area contributed by atoms with Gasteiger partial charge in [-0.15, -0.1) is 0 Å². The number of piperazine rings is 1. The molecule has 1 aliphatic rings. The number of hydrogen-bond donors (Lipinski definition) is 1. The van der Waals surface area contributed by atoms with Crippen molar-refractivity contribution in [3.63, 3.8) is 0 Å². The van der Waals surface area contributed by atoms with Gasteiger partial charge in [-0.05, 0) is 7.05 Å². The number of nitrogens with zero attached hydrogens (tertiary/aromatic N) is 5. The topological polar surface area (TPSA) is 49.2 Å². The molecule has 84 valence electrons. The molecule has 1 aliphatic heterocycles. The number of aryl methyl sites for hydroxylation is 1. The highest BCUT2D eigenvalue weighted by molar-refractivity contribution is 4.82. The quantitative estimate of drug-likeness (QED) is 0.698. The smallest absolute Gasteiger partial charge is 0.141 e. The number of likely N-dealkylation sites (N-methyl/N-ethyl adjacent to an activating group) is 1. The van der Waals surface area contributed by atoms with E-state index in [0.717, 1.165) is 38.5 Å². The average Bonchev–Trinajstić information content (AvgIpc) is 2.63. The molecule has 0 saturated carbocycles. The zero-order valence-electron chi connectivity index (χ0n) is 9.35. The Labute approximate surface area is 89.8 Å². The lowest BCUT2D eigenvalue weighted by Crippen LogP contribution is -2.50. The van der Waals surface area contributed by atoms with Crippen LogP contribution in [0.2, 0.25) is 0 Å². The maximum Gasteiger partial charge on any atom is 0.141 e. The maximum atomic E-state index is 4.17. The summed E-state index contributed by atoms with van der Waals surface area (Å²) >= 11 is 0. The van der Waals surface area contributed by atoms with Gasteiger partial charge in [0.15, 0.2) is 0 Å². The van der Waals surface area contributed by atoms with Crippen LogP contribution in [-0.2, 0) is 13.6 Å². The van der Waals surface area contributed by atoms with E-state index in [0.29, 0.717) is 0 Å². The maximum absolute atomic E-state index is 4.17. The lowest BCUT2D eigenvalue weighted by Gasteiger charge is -2.32. The second-order valence-electron chi connectivity index (χ2n) is 3.93. The van der Waals surface area contributed by atoms with Crippen LogP contribution >= 0.6 is 0 Å². The van der Waals surface area contributed by atoms with Crippen molar-refractivity contribution in [2.45, 2.75) is 6.54 Å². The largest absolute Gasteiger partial charge is 0.304 e. The molecule has 0 bridgehead atoms. The highest BCUT2D eigenvalue weighted by Gasteiger charge is 2.13. The van der Waals surface area contributed by atoms with Crippen LogP contribution in [0.3, 0.4) is 0 Å². The summed E-state index contributed by atoms with van der Waals surface area (Å²) in [5.41, 5.74) is 3.37. The zero-order chi connectivity index (χ0) is 10.7. The second-order valence-corrected chi connectivity index (χ2v) is 3.93. The van der Waals surface area contributed by atoms with Crippen LogP contribution in [0.1, 0.15) is 5.82 Å². The molecule has 1 aromatic heterocycles. The summed E-state index contributed by atoms with van der Waals surface area (Å²) in [7, 11) is 4.06. The molecule has 6 heteroatoms. The predicted molar refractivity (Wildman–Crippen MR) is 56.9 cm³/mol. The molecule has 1 saturated heterocycles. The predicted octanol–water partition coefficient (Wildman–Crippen LogP) is -0.933. The Morgan fingerprint density at radius 1 is 1.27 bits per heavy atom. The van der Waals surface area contributed by atoms with Crippen LogP contribution in [0.25, 0.3) is 0 Å². The van der Waals surface area contributed by atoms with Gasteiger partial charge in [0.2, 0.25) is 0 Å². The van der Waals surface area contributed by atoms with Crippen LogP contribution < -0.4 is 5.43 Å². The highest BCUT2D eigenvalue weighted by atomic mass is 15.5. The van der Waals surface area contributed by atoms with Gasteiger partial charge in [0, 0.05) is 33.2 Å². The highest BCUT2D eigenvalue weighted by Crippen LogP contribution is 1.97. The summed E-state index contributed by atoms with van der Waals surface area (Å²) in [6.07, 6.45) is 1.58. The molecular weight excluding hydrogens is 192 g/mol. The van der Waals surface area contributed by atoms with Crippen LogP contribution in [0.4, 0.5) is 0 Å². The van der Waals surface area contributed by atoms with Gasteiger partial charge in [-0.1, -0.05) is 0 Å². The second kappa shape index (κ2) is 4.69. The molecular formula is C9H18N6. The Kier molecular flexibility index (Phi) is 3.30. The van der Waals surface area contributed by atoms with Gasteiger partial charge in [-0.2, -0.15) is 5.10 Å². The molecule has 1 aromatic rings. The fourth-order valence-corrected chi connectivity index (χ4v) is 1.63. The Bertz CT molecular complexity index is 301. The molecule has 2 heterocycles. The Balaban J connectivity index is 1.77. The molecule has 15 heavy (non-hydrogen) atoms. The lowest BCUT2D eigenvalue weighted by molar-refractivity contribution is 0.100. The normalized spacial score (nSPS) is 19.6. The summed E-state index contributed by atoms with van der Waals surface area (Å²) in [5.74, 6) is 0.967. The molecule has 1 fully saturated rings. The van der Waals surface area contributed by atoms with Crippen LogP contribution in [-0.4, -0.2) is 57.9 Å². The summed E-state index contributed by atoms with van der Waals surface area (Å²) in [4.78, 5) is 6.50. The van der Waals surface area contributed by atoms with E-state index in [1.807, 2.05) is 7.05 Å². The van der Waals surface area contributed by atoms with E-state index in [1.165, 1.54) is 0 Å². The fraction of sp³-hybridized carbons (Fsp3) is 0.778. The van der Waals surface area contributed by atoms with E-state index in [-0.39, 0.29) is 0 Å². The minimum Gasteiger partial charge on any atom is -0.304 e. The van der Waals surface area contributed by atoms with E-state index in [2.05, 4.69) is 32.5 Å².